The lowest BCUT2D eigenvalue weighted by atomic mass is 10.1. The van der Waals surface area contributed by atoms with Gasteiger partial charge in [0.15, 0.2) is 0 Å². The summed E-state index contributed by atoms with van der Waals surface area (Å²) >= 11 is 0. The minimum Gasteiger partial charge on any atom is -0.497 e. The van der Waals surface area contributed by atoms with Gasteiger partial charge in [-0.15, -0.1) is 0 Å². The van der Waals surface area contributed by atoms with Crippen LogP contribution in [0.4, 0.5) is 17.1 Å². The van der Waals surface area contributed by atoms with Crippen LogP contribution < -0.4 is 14.4 Å². The van der Waals surface area contributed by atoms with Gasteiger partial charge in [-0.2, -0.15) is 0 Å². The Labute approximate surface area is 158 Å². The number of rotatable bonds is 6. The first-order chi connectivity index (χ1) is 13.2. The Hall–Kier alpha value is -3.47. The van der Waals surface area contributed by atoms with Gasteiger partial charge in [0.25, 0.3) is 0 Å². The largest absolute Gasteiger partial charge is 0.497 e. The molecule has 0 bridgehead atoms. The third-order valence-corrected chi connectivity index (χ3v) is 4.21. The normalized spacial score (nSPS) is 10.2. The highest BCUT2D eigenvalue weighted by atomic mass is 16.5. The summed E-state index contributed by atoms with van der Waals surface area (Å²) < 4.78 is 15.3. The van der Waals surface area contributed by atoms with Crippen LogP contribution in [0.2, 0.25) is 0 Å². The van der Waals surface area contributed by atoms with E-state index in [-0.39, 0.29) is 5.97 Å². The fourth-order valence-electron chi connectivity index (χ4n) is 2.77. The third-order valence-electron chi connectivity index (χ3n) is 4.21. The standard InChI is InChI=1S/C22H21NO4/c1-25-20-12-8-18(9-13-20)23(19-10-14-21(26-2)15-11-19)17-6-4-16(5-7-17)22(24)27-3/h4-15H,1-3H3. The molecule has 0 saturated heterocycles. The average molecular weight is 363 g/mol. The van der Waals surface area contributed by atoms with Gasteiger partial charge >= 0.3 is 5.97 Å². The van der Waals surface area contributed by atoms with E-state index >= 15 is 0 Å². The van der Waals surface area contributed by atoms with E-state index in [1.54, 1.807) is 26.4 Å². The van der Waals surface area contributed by atoms with Crippen LogP contribution in [0.15, 0.2) is 72.8 Å². The highest BCUT2D eigenvalue weighted by Gasteiger charge is 2.14. The molecule has 0 unspecified atom stereocenters. The minimum atomic E-state index is -0.359. The number of ether oxygens (including phenoxy) is 3. The fraction of sp³-hybridized carbons (Fsp3) is 0.136. The smallest absolute Gasteiger partial charge is 0.337 e. The van der Waals surface area contributed by atoms with Crippen LogP contribution >= 0.6 is 0 Å². The molecule has 3 aromatic carbocycles. The van der Waals surface area contributed by atoms with Crippen LogP contribution in [0.5, 0.6) is 11.5 Å². The number of hydrogen-bond donors (Lipinski definition) is 0. The summed E-state index contributed by atoms with van der Waals surface area (Å²) in [4.78, 5) is 13.8. The zero-order valence-electron chi connectivity index (χ0n) is 15.5. The maximum atomic E-state index is 11.7. The molecule has 3 aromatic rings. The summed E-state index contributed by atoms with van der Waals surface area (Å²) in [5.41, 5.74) is 3.35. The molecule has 0 aliphatic heterocycles. The molecular weight excluding hydrogens is 342 g/mol. The van der Waals surface area contributed by atoms with E-state index in [0.717, 1.165) is 28.6 Å². The monoisotopic (exact) mass is 363 g/mol. The maximum Gasteiger partial charge on any atom is 0.337 e. The number of hydrogen-bond acceptors (Lipinski definition) is 5. The number of nitrogens with zero attached hydrogens (tertiary/aromatic N) is 1. The van der Waals surface area contributed by atoms with E-state index < -0.39 is 0 Å². The maximum absolute atomic E-state index is 11.7. The van der Waals surface area contributed by atoms with Crippen LogP contribution in [-0.4, -0.2) is 27.3 Å². The van der Waals surface area contributed by atoms with E-state index in [2.05, 4.69) is 4.90 Å². The molecule has 27 heavy (non-hydrogen) atoms. The molecule has 0 spiro atoms. The van der Waals surface area contributed by atoms with E-state index in [1.165, 1.54) is 7.11 Å². The number of carbonyl (C=O) groups is 1. The van der Waals surface area contributed by atoms with Gasteiger partial charge in [0.05, 0.1) is 26.9 Å². The molecule has 3 rings (SSSR count). The Kier molecular flexibility index (Phi) is 5.61. The first-order valence-electron chi connectivity index (χ1n) is 8.43. The molecular formula is C22H21NO4. The molecule has 0 amide bonds. The van der Waals surface area contributed by atoms with E-state index in [4.69, 9.17) is 14.2 Å². The van der Waals surface area contributed by atoms with Gasteiger partial charge in [-0.1, -0.05) is 0 Å². The van der Waals surface area contributed by atoms with Crippen molar-refractivity contribution in [2.75, 3.05) is 26.2 Å². The molecule has 5 nitrogen and oxygen atoms in total. The SMILES string of the molecule is COC(=O)c1ccc(N(c2ccc(OC)cc2)c2ccc(OC)cc2)cc1. The van der Waals surface area contributed by atoms with Crippen molar-refractivity contribution >= 4 is 23.0 Å². The number of anilines is 3. The van der Waals surface area contributed by atoms with Crippen LogP contribution in [-0.2, 0) is 4.74 Å². The Balaban J connectivity index is 2.03. The predicted octanol–water partition coefficient (Wildman–Crippen LogP) is 4.96. The lowest BCUT2D eigenvalue weighted by Crippen LogP contribution is -2.10. The highest BCUT2D eigenvalue weighted by Crippen LogP contribution is 2.36. The summed E-state index contributed by atoms with van der Waals surface area (Å²) in [6, 6.07) is 22.9. The van der Waals surface area contributed by atoms with Crippen molar-refractivity contribution in [3.05, 3.63) is 78.4 Å². The summed E-state index contributed by atoms with van der Waals surface area (Å²) in [6.45, 7) is 0. The molecule has 0 radical (unpaired) electrons. The Morgan fingerprint density at radius 1 is 0.630 bits per heavy atom. The molecule has 0 aromatic heterocycles. The molecule has 0 saturated carbocycles. The van der Waals surface area contributed by atoms with Crippen molar-refractivity contribution in [2.45, 2.75) is 0 Å². The molecule has 0 atom stereocenters. The molecule has 0 N–H and O–H groups in total. The zero-order chi connectivity index (χ0) is 19.2. The molecule has 138 valence electrons. The number of benzene rings is 3. The predicted molar refractivity (Wildman–Crippen MR) is 106 cm³/mol. The second-order valence-electron chi connectivity index (χ2n) is 5.77. The van der Waals surface area contributed by atoms with Crippen molar-refractivity contribution in [3.63, 3.8) is 0 Å². The van der Waals surface area contributed by atoms with Gasteiger partial charge in [-0.05, 0) is 72.8 Å². The molecule has 0 aliphatic rings. The average Bonchev–Trinajstić information content (AvgIpc) is 2.75. The lowest BCUT2D eigenvalue weighted by molar-refractivity contribution is 0.0601. The molecule has 5 heteroatoms. The van der Waals surface area contributed by atoms with E-state index in [1.807, 2.05) is 60.7 Å². The molecule has 0 heterocycles. The van der Waals surface area contributed by atoms with Crippen LogP contribution in [0.3, 0.4) is 0 Å². The quantitative estimate of drug-likeness (QED) is 0.579. The van der Waals surface area contributed by atoms with Gasteiger partial charge in [-0.25, -0.2) is 4.79 Å². The first-order valence-corrected chi connectivity index (χ1v) is 8.43. The fourth-order valence-corrected chi connectivity index (χ4v) is 2.77. The van der Waals surface area contributed by atoms with Gasteiger partial charge in [0, 0.05) is 17.1 Å². The Morgan fingerprint density at radius 3 is 1.33 bits per heavy atom. The van der Waals surface area contributed by atoms with Crippen molar-refractivity contribution in [1.29, 1.82) is 0 Å². The Bertz CT molecular complexity index is 840. The van der Waals surface area contributed by atoms with Gasteiger partial charge in [-0.3, -0.25) is 0 Å². The van der Waals surface area contributed by atoms with Crippen molar-refractivity contribution in [3.8, 4) is 11.5 Å². The van der Waals surface area contributed by atoms with Crippen molar-refractivity contribution < 1.29 is 19.0 Å². The van der Waals surface area contributed by atoms with Gasteiger partial charge in [0.1, 0.15) is 11.5 Å². The number of esters is 1. The second kappa shape index (κ2) is 8.27. The van der Waals surface area contributed by atoms with Crippen LogP contribution in [0.25, 0.3) is 0 Å². The van der Waals surface area contributed by atoms with E-state index in [0.29, 0.717) is 5.56 Å². The zero-order valence-corrected chi connectivity index (χ0v) is 15.5. The Morgan fingerprint density at radius 2 is 1.00 bits per heavy atom. The van der Waals surface area contributed by atoms with Crippen LogP contribution in [0.1, 0.15) is 10.4 Å². The third kappa shape index (κ3) is 4.03. The second-order valence-corrected chi connectivity index (χ2v) is 5.77. The number of carbonyl (C=O) groups excluding carboxylic acids is 1. The van der Waals surface area contributed by atoms with Crippen molar-refractivity contribution in [2.24, 2.45) is 0 Å². The highest BCUT2D eigenvalue weighted by molar-refractivity contribution is 5.90. The lowest BCUT2D eigenvalue weighted by Gasteiger charge is -2.26. The summed E-state index contributed by atoms with van der Waals surface area (Å²) in [6.07, 6.45) is 0. The van der Waals surface area contributed by atoms with Gasteiger partial charge < -0.3 is 19.1 Å². The summed E-state index contributed by atoms with van der Waals surface area (Å²) in [5.74, 6) is 1.21. The summed E-state index contributed by atoms with van der Waals surface area (Å²) in [7, 11) is 4.65. The molecule has 0 fully saturated rings. The van der Waals surface area contributed by atoms with Crippen LogP contribution in [0, 0.1) is 0 Å². The van der Waals surface area contributed by atoms with E-state index in [9.17, 15) is 4.79 Å². The number of methoxy groups -OCH3 is 3. The van der Waals surface area contributed by atoms with Crippen molar-refractivity contribution in [1.82, 2.24) is 0 Å². The molecule has 0 aliphatic carbocycles. The summed E-state index contributed by atoms with van der Waals surface area (Å²) in [5, 5.41) is 0. The first kappa shape index (κ1) is 18.3. The minimum absolute atomic E-state index is 0.359. The topological polar surface area (TPSA) is 48.0 Å². The van der Waals surface area contributed by atoms with Gasteiger partial charge in [0.2, 0.25) is 0 Å².